The van der Waals surface area contributed by atoms with E-state index in [0.29, 0.717) is 0 Å². The Labute approximate surface area is 109 Å². The van der Waals surface area contributed by atoms with Gasteiger partial charge in [-0.1, -0.05) is 0 Å². The summed E-state index contributed by atoms with van der Waals surface area (Å²) in [7, 11) is 6.06. The highest BCUT2D eigenvalue weighted by molar-refractivity contribution is 5.30. The molecule has 2 rings (SSSR count). The lowest BCUT2D eigenvalue weighted by atomic mass is 10.0. The molecule has 2 heterocycles. The van der Waals surface area contributed by atoms with E-state index in [1.807, 2.05) is 32.2 Å². The predicted octanol–water partition coefficient (Wildman–Crippen LogP) is 1.14. The topological polar surface area (TPSA) is 42.3 Å². The zero-order chi connectivity index (χ0) is 13.2. The quantitative estimate of drug-likeness (QED) is 0.853. The van der Waals surface area contributed by atoms with E-state index in [-0.39, 0.29) is 5.60 Å². The van der Waals surface area contributed by atoms with Gasteiger partial charge in [0.05, 0.1) is 17.5 Å². The van der Waals surface area contributed by atoms with Gasteiger partial charge in [0.15, 0.2) is 0 Å². The summed E-state index contributed by atoms with van der Waals surface area (Å²) in [6.45, 7) is 4.81. The second-order valence-corrected chi connectivity index (χ2v) is 5.51. The first kappa shape index (κ1) is 13.4. The number of nitrogens with zero attached hydrogens (tertiary/aromatic N) is 3. The maximum atomic E-state index is 5.76. The van der Waals surface area contributed by atoms with Crippen LogP contribution in [0.15, 0.2) is 6.20 Å². The number of anilines is 1. The van der Waals surface area contributed by atoms with Crippen molar-refractivity contribution in [3.05, 3.63) is 11.9 Å². The van der Waals surface area contributed by atoms with E-state index >= 15 is 0 Å². The Bertz CT molecular complexity index is 394. The summed E-state index contributed by atoms with van der Waals surface area (Å²) >= 11 is 0. The van der Waals surface area contributed by atoms with Crippen molar-refractivity contribution < 1.29 is 4.74 Å². The summed E-state index contributed by atoms with van der Waals surface area (Å²) in [4.78, 5) is 6.42. The number of hydrogen-bond acceptors (Lipinski definition) is 4. The Hall–Kier alpha value is -1.07. The SMILES string of the molecule is CN(C)c1ncc(CNCC2(C)CCCO2)n1C. The second kappa shape index (κ2) is 5.28. The van der Waals surface area contributed by atoms with Crippen LogP contribution in [0.3, 0.4) is 0 Å². The van der Waals surface area contributed by atoms with Crippen molar-refractivity contribution in [1.82, 2.24) is 14.9 Å². The van der Waals surface area contributed by atoms with Gasteiger partial charge in [-0.25, -0.2) is 4.98 Å². The summed E-state index contributed by atoms with van der Waals surface area (Å²) in [5, 5.41) is 3.47. The molecule has 0 saturated carbocycles. The van der Waals surface area contributed by atoms with E-state index in [2.05, 4.69) is 21.8 Å². The molecule has 1 aromatic heterocycles. The molecule has 0 spiro atoms. The molecule has 1 aliphatic heterocycles. The van der Waals surface area contributed by atoms with Crippen LogP contribution < -0.4 is 10.2 Å². The van der Waals surface area contributed by atoms with Crippen molar-refractivity contribution in [2.45, 2.75) is 31.9 Å². The Balaban J connectivity index is 1.87. The van der Waals surface area contributed by atoms with Crippen molar-refractivity contribution in [3.8, 4) is 0 Å². The van der Waals surface area contributed by atoms with Gasteiger partial charge < -0.3 is 19.5 Å². The van der Waals surface area contributed by atoms with Gasteiger partial charge in [-0.3, -0.25) is 0 Å². The highest BCUT2D eigenvalue weighted by Crippen LogP contribution is 2.24. The summed E-state index contributed by atoms with van der Waals surface area (Å²) in [6.07, 6.45) is 4.25. The standard InChI is InChI=1S/C13H24N4O/c1-13(6-5-7-18-13)10-14-8-11-9-15-12(16(2)3)17(11)4/h9,14H,5-8,10H2,1-4H3. The van der Waals surface area contributed by atoms with Crippen LogP contribution in [-0.2, 0) is 18.3 Å². The van der Waals surface area contributed by atoms with Gasteiger partial charge in [0.25, 0.3) is 0 Å². The Morgan fingerprint density at radius 2 is 2.33 bits per heavy atom. The molecule has 1 unspecified atom stereocenters. The van der Waals surface area contributed by atoms with Gasteiger partial charge >= 0.3 is 0 Å². The molecule has 0 bridgehead atoms. The number of ether oxygens (including phenoxy) is 1. The fourth-order valence-corrected chi connectivity index (χ4v) is 2.44. The molecule has 1 aromatic rings. The highest BCUT2D eigenvalue weighted by atomic mass is 16.5. The van der Waals surface area contributed by atoms with Crippen LogP contribution >= 0.6 is 0 Å². The third-order valence-corrected chi connectivity index (χ3v) is 3.57. The highest BCUT2D eigenvalue weighted by Gasteiger charge is 2.29. The summed E-state index contributed by atoms with van der Waals surface area (Å²) in [5.74, 6) is 0.982. The van der Waals surface area contributed by atoms with Crippen molar-refractivity contribution in [2.75, 3.05) is 32.1 Å². The van der Waals surface area contributed by atoms with Gasteiger partial charge in [0, 0.05) is 40.8 Å². The van der Waals surface area contributed by atoms with Crippen molar-refractivity contribution in [2.24, 2.45) is 7.05 Å². The van der Waals surface area contributed by atoms with Gasteiger partial charge in [0.1, 0.15) is 0 Å². The maximum Gasteiger partial charge on any atom is 0.204 e. The molecule has 18 heavy (non-hydrogen) atoms. The molecule has 102 valence electrons. The smallest absolute Gasteiger partial charge is 0.204 e. The summed E-state index contributed by atoms with van der Waals surface area (Å²) in [6, 6.07) is 0. The van der Waals surface area contributed by atoms with Crippen molar-refractivity contribution >= 4 is 5.95 Å². The van der Waals surface area contributed by atoms with Crippen molar-refractivity contribution in [3.63, 3.8) is 0 Å². The predicted molar refractivity (Wildman–Crippen MR) is 72.8 cm³/mol. The van der Waals surface area contributed by atoms with Crippen LogP contribution in [0.25, 0.3) is 0 Å². The van der Waals surface area contributed by atoms with Gasteiger partial charge in [-0.15, -0.1) is 0 Å². The molecule has 0 aliphatic carbocycles. The van der Waals surface area contributed by atoms with Crippen LogP contribution in [0.5, 0.6) is 0 Å². The lowest BCUT2D eigenvalue weighted by molar-refractivity contribution is 0.0206. The molecule has 0 aromatic carbocycles. The maximum absolute atomic E-state index is 5.76. The monoisotopic (exact) mass is 252 g/mol. The number of nitrogens with one attached hydrogen (secondary N) is 1. The Kier molecular flexibility index (Phi) is 3.92. The van der Waals surface area contributed by atoms with Crippen molar-refractivity contribution in [1.29, 1.82) is 0 Å². The molecule has 1 fully saturated rings. The molecule has 5 nitrogen and oxygen atoms in total. The largest absolute Gasteiger partial charge is 0.374 e. The van der Waals surface area contributed by atoms with E-state index < -0.39 is 0 Å². The zero-order valence-electron chi connectivity index (χ0n) is 11.9. The van der Waals surface area contributed by atoms with Gasteiger partial charge in [-0.05, 0) is 19.8 Å². The molecule has 5 heteroatoms. The van der Waals surface area contributed by atoms with E-state index in [4.69, 9.17) is 4.74 Å². The third-order valence-electron chi connectivity index (χ3n) is 3.57. The number of aromatic nitrogens is 2. The number of hydrogen-bond donors (Lipinski definition) is 1. The molecule has 1 N–H and O–H groups in total. The van der Waals surface area contributed by atoms with Gasteiger partial charge in [-0.2, -0.15) is 0 Å². The molecule has 1 atom stereocenters. The van der Waals surface area contributed by atoms with Crippen LogP contribution in [0.2, 0.25) is 0 Å². The second-order valence-electron chi connectivity index (χ2n) is 5.51. The lowest BCUT2D eigenvalue weighted by Gasteiger charge is -2.23. The minimum absolute atomic E-state index is 0.0168. The molecule has 1 saturated heterocycles. The van der Waals surface area contributed by atoms with Gasteiger partial charge in [0.2, 0.25) is 5.95 Å². The first-order valence-corrected chi connectivity index (χ1v) is 6.54. The van der Waals surface area contributed by atoms with E-state index in [9.17, 15) is 0 Å². The minimum Gasteiger partial charge on any atom is -0.374 e. The number of rotatable bonds is 5. The van der Waals surface area contributed by atoms with Crippen LogP contribution in [0.4, 0.5) is 5.95 Å². The number of imidazole rings is 1. The van der Waals surface area contributed by atoms with Crippen LogP contribution in [-0.4, -0.2) is 42.4 Å². The van der Waals surface area contributed by atoms with E-state index in [0.717, 1.165) is 32.1 Å². The third kappa shape index (κ3) is 2.84. The first-order valence-electron chi connectivity index (χ1n) is 6.54. The minimum atomic E-state index is 0.0168. The zero-order valence-corrected chi connectivity index (χ0v) is 11.9. The first-order chi connectivity index (χ1) is 8.52. The lowest BCUT2D eigenvalue weighted by Crippen LogP contribution is -2.37. The molecule has 1 aliphatic rings. The van der Waals surface area contributed by atoms with E-state index in [1.54, 1.807) is 0 Å². The summed E-state index contributed by atoms with van der Waals surface area (Å²) in [5.41, 5.74) is 1.21. The Morgan fingerprint density at radius 3 is 2.89 bits per heavy atom. The molecule has 0 radical (unpaired) electrons. The summed E-state index contributed by atoms with van der Waals surface area (Å²) < 4.78 is 7.87. The molecule has 0 amide bonds. The average molecular weight is 252 g/mol. The molecular weight excluding hydrogens is 228 g/mol. The van der Waals surface area contributed by atoms with Crippen LogP contribution in [0, 0.1) is 0 Å². The Morgan fingerprint density at radius 1 is 1.56 bits per heavy atom. The van der Waals surface area contributed by atoms with Crippen LogP contribution in [0.1, 0.15) is 25.5 Å². The molecular formula is C13H24N4O. The fourth-order valence-electron chi connectivity index (χ4n) is 2.44. The fraction of sp³-hybridized carbons (Fsp3) is 0.769. The average Bonchev–Trinajstić information content (AvgIpc) is 2.87. The van der Waals surface area contributed by atoms with E-state index in [1.165, 1.54) is 12.1 Å². The normalized spacial score (nSPS) is 23.6.